The largest absolute Gasteiger partial charge is 0.406 e. The lowest BCUT2D eigenvalue weighted by Gasteiger charge is -2.53. The van der Waals surface area contributed by atoms with Gasteiger partial charge in [0.25, 0.3) is 0 Å². The van der Waals surface area contributed by atoms with Gasteiger partial charge in [-0.2, -0.15) is 13.2 Å². The number of piperidine rings is 2. The predicted octanol–water partition coefficient (Wildman–Crippen LogP) is 5.24. The Morgan fingerprint density at radius 2 is 1.92 bits per heavy atom. The fourth-order valence-corrected chi connectivity index (χ4v) is 7.22. The number of hydrogen-bond acceptors (Lipinski definition) is 6. The molecule has 6 heterocycles. The molecule has 2 bridgehead atoms. The van der Waals surface area contributed by atoms with Crippen molar-refractivity contribution in [2.45, 2.75) is 75.4 Å². The van der Waals surface area contributed by atoms with Gasteiger partial charge in [0.05, 0.1) is 36.7 Å². The molecular formula is C29H34F3N5O2. The summed E-state index contributed by atoms with van der Waals surface area (Å²) in [7, 11) is 0. The van der Waals surface area contributed by atoms with Crippen LogP contribution in [0.15, 0.2) is 36.5 Å². The number of amides is 1. The second-order valence-electron chi connectivity index (χ2n) is 11.7. The first-order valence-electron chi connectivity index (χ1n) is 14.2. The summed E-state index contributed by atoms with van der Waals surface area (Å²) in [6.45, 7) is 2.52. The zero-order chi connectivity index (χ0) is 26.8. The first-order chi connectivity index (χ1) is 18.8. The predicted molar refractivity (Wildman–Crippen MR) is 142 cm³/mol. The van der Waals surface area contributed by atoms with E-state index < -0.39 is 11.7 Å². The molecule has 1 aromatic heterocycles. The van der Waals surface area contributed by atoms with Gasteiger partial charge < -0.3 is 19.9 Å². The fraction of sp³-hybridized carbons (Fsp3) is 0.586. The van der Waals surface area contributed by atoms with E-state index in [2.05, 4.69) is 27.3 Å². The van der Waals surface area contributed by atoms with E-state index in [0.717, 1.165) is 54.4 Å². The van der Waals surface area contributed by atoms with Crippen molar-refractivity contribution in [3.63, 3.8) is 0 Å². The van der Waals surface area contributed by atoms with Gasteiger partial charge in [0, 0.05) is 29.9 Å². The third-order valence-corrected chi connectivity index (χ3v) is 9.69. The van der Waals surface area contributed by atoms with Crippen molar-refractivity contribution in [2.75, 3.05) is 41.4 Å². The standard InChI is InChI=1S/C29H34F3N5O2/c30-29(31,32)28(10-2-11-28)35-13-8-19(9-14-35)27(38)37-16-20-3-1-12-33-26(20)34-24-7-5-21(15-25(24)37)36-17-23-6-4-22(36)18-39-23/h1,3,5,7,12,15,19,22-23H,2,4,6,8-11,13-14,16-18H2,(H,33,34). The highest BCUT2D eigenvalue weighted by molar-refractivity contribution is 6.00. The minimum absolute atomic E-state index is 0.0234. The molecule has 2 atom stereocenters. The van der Waals surface area contributed by atoms with Crippen LogP contribution in [0.1, 0.15) is 50.5 Å². The van der Waals surface area contributed by atoms with E-state index in [-0.39, 0.29) is 30.8 Å². The number of ether oxygens (including phenoxy) is 1. The number of likely N-dealkylation sites (tertiary alicyclic amines) is 1. The molecule has 1 aliphatic carbocycles. The lowest BCUT2D eigenvalue weighted by atomic mass is 9.73. The lowest BCUT2D eigenvalue weighted by Crippen LogP contribution is -2.64. The van der Waals surface area contributed by atoms with Gasteiger partial charge in [0.2, 0.25) is 5.91 Å². The van der Waals surface area contributed by atoms with E-state index in [4.69, 9.17) is 4.74 Å². The number of benzene rings is 1. The topological polar surface area (TPSA) is 60.9 Å². The maximum absolute atomic E-state index is 14.1. The van der Waals surface area contributed by atoms with Crippen LogP contribution in [0.3, 0.4) is 0 Å². The zero-order valence-corrected chi connectivity index (χ0v) is 21.9. The van der Waals surface area contributed by atoms with Crippen LogP contribution >= 0.6 is 0 Å². The summed E-state index contributed by atoms with van der Waals surface area (Å²) in [5.41, 5.74) is 1.89. The van der Waals surface area contributed by atoms with Gasteiger partial charge in [0.15, 0.2) is 0 Å². The third kappa shape index (κ3) is 4.18. The number of nitrogens with zero attached hydrogens (tertiary/aromatic N) is 4. The second kappa shape index (κ2) is 9.37. The highest BCUT2D eigenvalue weighted by Gasteiger charge is 2.61. The molecule has 39 heavy (non-hydrogen) atoms. The van der Waals surface area contributed by atoms with E-state index in [1.165, 1.54) is 0 Å². The number of pyridine rings is 1. The van der Waals surface area contributed by atoms with E-state index in [1.807, 2.05) is 23.1 Å². The number of fused-ring (bicyclic) bond motifs is 5. The van der Waals surface area contributed by atoms with Crippen molar-refractivity contribution in [1.29, 1.82) is 0 Å². The average molecular weight is 542 g/mol. The van der Waals surface area contributed by atoms with Gasteiger partial charge in [0.1, 0.15) is 11.4 Å². The summed E-state index contributed by atoms with van der Waals surface area (Å²) in [5.74, 6) is 0.379. The van der Waals surface area contributed by atoms with Crippen LogP contribution in [0.2, 0.25) is 0 Å². The van der Waals surface area contributed by atoms with Crippen molar-refractivity contribution in [1.82, 2.24) is 9.88 Å². The normalized spacial score (nSPS) is 26.7. The number of alkyl halides is 3. The maximum Gasteiger partial charge on any atom is 0.406 e. The minimum Gasteiger partial charge on any atom is -0.374 e. The summed E-state index contributed by atoms with van der Waals surface area (Å²) >= 11 is 0. The van der Waals surface area contributed by atoms with Crippen LogP contribution in [0.4, 0.5) is 36.1 Å². The molecule has 8 rings (SSSR count). The van der Waals surface area contributed by atoms with E-state index in [1.54, 1.807) is 11.1 Å². The highest BCUT2D eigenvalue weighted by atomic mass is 19.4. The number of carbonyl (C=O) groups is 1. The molecular weight excluding hydrogens is 507 g/mol. The van der Waals surface area contributed by atoms with Crippen LogP contribution in [0.25, 0.3) is 0 Å². The van der Waals surface area contributed by atoms with Crippen LogP contribution in [0.5, 0.6) is 0 Å². The minimum atomic E-state index is -4.23. The van der Waals surface area contributed by atoms with E-state index in [9.17, 15) is 18.0 Å². The van der Waals surface area contributed by atoms with Gasteiger partial charge in [-0.05, 0) is 82.3 Å². The number of hydrogen-bond donors (Lipinski definition) is 1. The number of anilines is 4. The Hall–Kier alpha value is -2.85. The van der Waals surface area contributed by atoms with Crippen molar-refractivity contribution in [3.05, 3.63) is 42.1 Å². The molecule has 5 fully saturated rings. The Kier molecular flexibility index (Phi) is 6.04. The Labute approximate surface area is 226 Å². The summed E-state index contributed by atoms with van der Waals surface area (Å²) in [5, 5.41) is 3.43. The highest BCUT2D eigenvalue weighted by Crippen LogP contribution is 2.51. The Balaban J connectivity index is 1.17. The molecule has 4 saturated heterocycles. The van der Waals surface area contributed by atoms with Crippen LogP contribution < -0.4 is 15.1 Å². The van der Waals surface area contributed by atoms with Crippen molar-refractivity contribution in [3.8, 4) is 0 Å². The zero-order valence-electron chi connectivity index (χ0n) is 21.9. The molecule has 5 aliphatic heterocycles. The average Bonchev–Trinajstić information content (AvgIpc) is 3.08. The first-order valence-corrected chi connectivity index (χ1v) is 14.2. The lowest BCUT2D eigenvalue weighted by molar-refractivity contribution is -0.261. The van der Waals surface area contributed by atoms with Gasteiger partial charge in [-0.3, -0.25) is 9.69 Å². The van der Waals surface area contributed by atoms with Crippen LogP contribution in [0, 0.1) is 5.92 Å². The molecule has 6 aliphatic rings. The number of morpholine rings is 1. The molecule has 0 radical (unpaired) electrons. The van der Waals surface area contributed by atoms with Crippen molar-refractivity contribution >= 4 is 28.8 Å². The first kappa shape index (κ1) is 25.1. The molecule has 1 saturated carbocycles. The summed E-state index contributed by atoms with van der Waals surface area (Å²) in [4.78, 5) is 24.5. The SMILES string of the molecule is O=C(C1CCN(C2(C(F)(F)F)CCC2)CC1)N1Cc2cccnc2Nc2ccc(N3CC4CCC3CO4)cc21. The Bertz CT molecular complexity index is 1250. The molecule has 2 aromatic rings. The van der Waals surface area contributed by atoms with E-state index >= 15 is 0 Å². The van der Waals surface area contributed by atoms with Gasteiger partial charge in [-0.1, -0.05) is 6.07 Å². The number of nitrogens with one attached hydrogen (secondary N) is 1. The maximum atomic E-state index is 14.1. The van der Waals surface area contributed by atoms with Gasteiger partial charge in [-0.15, -0.1) is 0 Å². The molecule has 1 amide bonds. The molecule has 208 valence electrons. The molecule has 2 unspecified atom stereocenters. The molecule has 7 nitrogen and oxygen atoms in total. The summed E-state index contributed by atoms with van der Waals surface area (Å²) in [6, 6.07) is 10.4. The fourth-order valence-electron chi connectivity index (χ4n) is 7.22. The Morgan fingerprint density at radius 3 is 2.56 bits per heavy atom. The van der Waals surface area contributed by atoms with Crippen molar-refractivity contribution in [2.24, 2.45) is 5.92 Å². The summed E-state index contributed by atoms with van der Waals surface area (Å²) < 4.78 is 47.7. The summed E-state index contributed by atoms with van der Waals surface area (Å²) in [6.07, 6.45) is 1.70. The van der Waals surface area contributed by atoms with Crippen LogP contribution in [-0.4, -0.2) is 65.9 Å². The smallest absolute Gasteiger partial charge is 0.374 e. The molecule has 10 heteroatoms. The number of aromatic nitrogens is 1. The number of halogens is 3. The van der Waals surface area contributed by atoms with Crippen LogP contribution in [-0.2, 0) is 16.1 Å². The number of carbonyl (C=O) groups excluding carboxylic acids is 1. The van der Waals surface area contributed by atoms with Gasteiger partial charge >= 0.3 is 6.18 Å². The van der Waals surface area contributed by atoms with Crippen molar-refractivity contribution < 1.29 is 22.7 Å². The monoisotopic (exact) mass is 541 g/mol. The molecule has 1 aromatic carbocycles. The second-order valence-corrected chi connectivity index (χ2v) is 11.7. The van der Waals surface area contributed by atoms with Gasteiger partial charge in [-0.25, -0.2) is 4.98 Å². The molecule has 1 N–H and O–H groups in total. The third-order valence-electron chi connectivity index (χ3n) is 9.69. The van der Waals surface area contributed by atoms with E-state index in [0.29, 0.717) is 44.9 Å². The molecule has 0 spiro atoms. The quantitative estimate of drug-likeness (QED) is 0.574. The Morgan fingerprint density at radius 1 is 1.10 bits per heavy atom. The number of rotatable bonds is 3.